The Bertz CT molecular complexity index is 832. The summed E-state index contributed by atoms with van der Waals surface area (Å²) in [4.78, 5) is 0. The zero-order chi connectivity index (χ0) is 19.7. The fourth-order valence-electron chi connectivity index (χ4n) is 3.29. The Morgan fingerprint density at radius 2 is 1.63 bits per heavy atom. The number of hydrogen-bond acceptors (Lipinski definition) is 8. The van der Waals surface area contributed by atoms with Crippen LogP contribution in [0.5, 0.6) is 28.7 Å². The molecule has 0 spiro atoms. The van der Waals surface area contributed by atoms with Crippen molar-refractivity contribution in [3.05, 3.63) is 40.5 Å². The van der Waals surface area contributed by atoms with E-state index in [9.17, 15) is 25.5 Å². The van der Waals surface area contributed by atoms with Crippen LogP contribution < -0.4 is 4.74 Å². The summed E-state index contributed by atoms with van der Waals surface area (Å²) in [6.45, 7) is 0. The van der Waals surface area contributed by atoms with E-state index in [-0.39, 0.29) is 29.4 Å². The number of aliphatic hydroxyl groups is 1. The van der Waals surface area contributed by atoms with Crippen LogP contribution in [0.25, 0.3) is 0 Å². The molecule has 0 aromatic heterocycles. The summed E-state index contributed by atoms with van der Waals surface area (Å²) in [5.41, 5.74) is 2.00. The molecule has 0 radical (unpaired) electrons. The summed E-state index contributed by atoms with van der Waals surface area (Å²) >= 11 is 2.99. The first-order valence-corrected chi connectivity index (χ1v) is 11.1. The number of benzene rings is 2. The summed E-state index contributed by atoms with van der Waals surface area (Å²) in [5.74, 6) is 0.694. The van der Waals surface area contributed by atoms with Crippen molar-refractivity contribution in [1.82, 2.24) is 0 Å². The van der Waals surface area contributed by atoms with Gasteiger partial charge >= 0.3 is 0 Å². The van der Waals surface area contributed by atoms with E-state index in [0.717, 1.165) is 0 Å². The molecule has 5 N–H and O–H groups in total. The second kappa shape index (κ2) is 8.00. The van der Waals surface area contributed by atoms with Crippen LogP contribution in [-0.2, 0) is 17.9 Å². The van der Waals surface area contributed by atoms with Gasteiger partial charge < -0.3 is 30.3 Å². The van der Waals surface area contributed by atoms with Crippen molar-refractivity contribution < 1.29 is 30.3 Å². The van der Waals surface area contributed by atoms with Gasteiger partial charge in [-0.1, -0.05) is 6.07 Å². The van der Waals surface area contributed by atoms with Gasteiger partial charge in [-0.25, -0.2) is 0 Å². The normalized spacial score (nSPS) is 18.8. The van der Waals surface area contributed by atoms with E-state index in [1.165, 1.54) is 35.7 Å². The number of fused-ring (bicyclic) bond motifs is 1. The summed E-state index contributed by atoms with van der Waals surface area (Å²) in [6.07, 6.45) is 2.18. The summed E-state index contributed by atoms with van der Waals surface area (Å²) in [7, 11) is 0. The molecular formula is C19H22O6S2. The minimum Gasteiger partial charge on any atom is -0.507 e. The zero-order valence-electron chi connectivity index (χ0n) is 15.0. The second-order valence-corrected chi connectivity index (χ2v) is 8.12. The predicted molar refractivity (Wildman–Crippen MR) is 107 cm³/mol. The molecule has 8 heteroatoms. The molecular weight excluding hydrogens is 388 g/mol. The number of aliphatic hydroxyl groups excluding tert-OH is 1. The highest BCUT2D eigenvalue weighted by Crippen LogP contribution is 2.50. The number of ether oxygens (including phenoxy) is 1. The van der Waals surface area contributed by atoms with Crippen molar-refractivity contribution in [3.8, 4) is 28.7 Å². The molecule has 0 saturated carbocycles. The average molecular weight is 411 g/mol. The topological polar surface area (TPSA) is 110 Å². The van der Waals surface area contributed by atoms with Crippen LogP contribution in [0.3, 0.4) is 0 Å². The maximum Gasteiger partial charge on any atom is 0.157 e. The molecule has 0 bridgehead atoms. The molecule has 1 heterocycles. The lowest BCUT2D eigenvalue weighted by atomic mass is 9.90. The van der Waals surface area contributed by atoms with Crippen LogP contribution in [0.1, 0.15) is 28.4 Å². The number of rotatable bonds is 5. The fourth-order valence-corrected chi connectivity index (χ4v) is 4.41. The molecule has 0 saturated heterocycles. The lowest BCUT2D eigenvalue weighted by molar-refractivity contribution is 0.0190. The smallest absolute Gasteiger partial charge is 0.157 e. The highest BCUT2D eigenvalue weighted by atomic mass is 32.2. The van der Waals surface area contributed by atoms with Gasteiger partial charge in [-0.05, 0) is 30.2 Å². The quantitative estimate of drug-likeness (QED) is 0.478. The highest BCUT2D eigenvalue weighted by Gasteiger charge is 2.36. The Kier molecular flexibility index (Phi) is 5.88. The third kappa shape index (κ3) is 3.61. The Hall–Kier alpha value is -1.90. The van der Waals surface area contributed by atoms with Gasteiger partial charge in [0, 0.05) is 34.6 Å². The standard InChI is InChI=1S/C19H22O6S2/c1-26-7-11-16(23)10-6-15(22)18(9-3-4-13(20)14(21)5-9)25-19(10)12(8-27-2)17(11)24/h3-5,15,18,20-24H,6-8H2,1-2H3/t15-,18+/m0/s1. The van der Waals surface area contributed by atoms with Gasteiger partial charge in [-0.3, -0.25) is 0 Å². The van der Waals surface area contributed by atoms with Gasteiger partial charge in [-0.2, -0.15) is 23.5 Å². The van der Waals surface area contributed by atoms with Gasteiger partial charge in [0.05, 0.1) is 6.10 Å². The van der Waals surface area contributed by atoms with Crippen LogP contribution >= 0.6 is 23.5 Å². The van der Waals surface area contributed by atoms with E-state index >= 15 is 0 Å². The van der Waals surface area contributed by atoms with Crippen molar-refractivity contribution in [2.75, 3.05) is 12.5 Å². The van der Waals surface area contributed by atoms with E-state index in [2.05, 4.69) is 0 Å². The number of thioether (sulfide) groups is 2. The SMILES string of the molecule is CSCc1c(O)c(CSC)c2c(c1O)C[C@H](O)[C@@H](c1ccc(O)c(O)c1)O2. The van der Waals surface area contributed by atoms with E-state index in [1.54, 1.807) is 6.07 Å². The fraction of sp³-hybridized carbons (Fsp3) is 0.368. The molecule has 1 aliphatic rings. The van der Waals surface area contributed by atoms with Crippen LogP contribution in [0.4, 0.5) is 0 Å². The molecule has 0 aliphatic carbocycles. The van der Waals surface area contributed by atoms with Crippen molar-refractivity contribution in [1.29, 1.82) is 0 Å². The summed E-state index contributed by atoms with van der Waals surface area (Å²) in [6, 6.07) is 4.23. The maximum atomic E-state index is 10.7. The van der Waals surface area contributed by atoms with E-state index in [1.807, 2.05) is 12.5 Å². The molecule has 0 fully saturated rings. The first-order chi connectivity index (χ1) is 12.9. The Morgan fingerprint density at radius 1 is 0.963 bits per heavy atom. The van der Waals surface area contributed by atoms with Crippen molar-refractivity contribution >= 4 is 23.5 Å². The van der Waals surface area contributed by atoms with Gasteiger partial charge in [0.25, 0.3) is 0 Å². The van der Waals surface area contributed by atoms with Crippen molar-refractivity contribution in [3.63, 3.8) is 0 Å². The first kappa shape index (κ1) is 19.9. The average Bonchev–Trinajstić information content (AvgIpc) is 2.64. The zero-order valence-corrected chi connectivity index (χ0v) is 16.6. The lowest BCUT2D eigenvalue weighted by Crippen LogP contribution is -2.31. The Labute approximate surface area is 165 Å². The maximum absolute atomic E-state index is 10.7. The first-order valence-electron chi connectivity index (χ1n) is 8.32. The second-order valence-electron chi connectivity index (χ2n) is 6.39. The molecule has 0 unspecified atom stereocenters. The molecule has 0 amide bonds. The molecule has 146 valence electrons. The number of aromatic hydroxyl groups is 4. The number of phenolic OH excluding ortho intramolecular Hbond substituents is 4. The minimum atomic E-state index is -0.957. The number of hydrogen-bond donors (Lipinski definition) is 5. The molecule has 1 aliphatic heterocycles. The predicted octanol–water partition coefficient (Wildman–Crippen LogP) is 3.27. The Morgan fingerprint density at radius 3 is 2.26 bits per heavy atom. The minimum absolute atomic E-state index is 0.0126. The third-order valence-corrected chi connectivity index (χ3v) is 5.76. The van der Waals surface area contributed by atoms with Gasteiger partial charge in [-0.15, -0.1) is 0 Å². The van der Waals surface area contributed by atoms with Gasteiger partial charge in [0.15, 0.2) is 11.5 Å². The largest absolute Gasteiger partial charge is 0.507 e. The Balaban J connectivity index is 2.11. The van der Waals surface area contributed by atoms with Gasteiger partial charge in [0.2, 0.25) is 0 Å². The van der Waals surface area contributed by atoms with E-state index in [0.29, 0.717) is 39.5 Å². The van der Waals surface area contributed by atoms with E-state index < -0.39 is 12.2 Å². The lowest BCUT2D eigenvalue weighted by Gasteiger charge is -2.33. The molecule has 3 rings (SSSR count). The highest BCUT2D eigenvalue weighted by molar-refractivity contribution is 7.98. The van der Waals surface area contributed by atoms with Crippen molar-refractivity contribution in [2.45, 2.75) is 30.1 Å². The molecule has 2 atom stereocenters. The molecule has 27 heavy (non-hydrogen) atoms. The van der Waals surface area contributed by atoms with E-state index in [4.69, 9.17) is 4.74 Å². The summed E-state index contributed by atoms with van der Waals surface area (Å²) < 4.78 is 6.02. The molecule has 6 nitrogen and oxygen atoms in total. The van der Waals surface area contributed by atoms with Crippen LogP contribution in [0.2, 0.25) is 0 Å². The van der Waals surface area contributed by atoms with Crippen LogP contribution in [0, 0.1) is 0 Å². The van der Waals surface area contributed by atoms with Gasteiger partial charge in [0.1, 0.15) is 23.4 Å². The molecule has 2 aromatic rings. The van der Waals surface area contributed by atoms with Crippen LogP contribution in [-0.4, -0.2) is 44.1 Å². The van der Waals surface area contributed by atoms with Crippen LogP contribution in [0.15, 0.2) is 18.2 Å². The van der Waals surface area contributed by atoms with Crippen molar-refractivity contribution in [2.24, 2.45) is 0 Å². The number of phenols is 4. The monoisotopic (exact) mass is 410 g/mol. The summed E-state index contributed by atoms with van der Waals surface area (Å²) in [5, 5.41) is 51.2. The third-order valence-electron chi connectivity index (χ3n) is 4.60. The molecule has 2 aromatic carbocycles.